The smallest absolute Gasteiger partial charge is 0.305 e. The van der Waals surface area contributed by atoms with Gasteiger partial charge < -0.3 is 14.6 Å². The molecular weight excluding hydrogens is 292 g/mol. The standard InChI is InChI=1S/C19H36O4/c1-3-4-5-9-12-16(20)15-18-17(23-18)13-10-7-6-8-11-14-19(21)22-2/h16-18,20H,3-15H2,1-2H3/t16?,17-,18+/m0/s1. The second-order valence-corrected chi connectivity index (χ2v) is 6.83. The fourth-order valence-corrected chi connectivity index (χ4v) is 3.08. The van der Waals surface area contributed by atoms with Crippen molar-refractivity contribution in [2.24, 2.45) is 0 Å². The minimum atomic E-state index is -0.180. The Hall–Kier alpha value is -0.610. The second kappa shape index (κ2) is 12.8. The number of hydrogen-bond donors (Lipinski definition) is 1. The fraction of sp³-hybridized carbons (Fsp3) is 0.947. The molecule has 1 rings (SSSR count). The lowest BCUT2D eigenvalue weighted by Crippen LogP contribution is -2.11. The lowest BCUT2D eigenvalue weighted by Gasteiger charge is -2.08. The maximum atomic E-state index is 11.0. The molecule has 1 aliphatic rings. The monoisotopic (exact) mass is 328 g/mol. The summed E-state index contributed by atoms with van der Waals surface area (Å²) in [5, 5.41) is 9.99. The molecule has 0 spiro atoms. The number of hydrogen-bond acceptors (Lipinski definition) is 4. The minimum absolute atomic E-state index is 0.104. The van der Waals surface area contributed by atoms with Gasteiger partial charge in [0.25, 0.3) is 0 Å². The Morgan fingerprint density at radius 1 is 1.04 bits per heavy atom. The zero-order valence-electron chi connectivity index (χ0n) is 15.1. The van der Waals surface area contributed by atoms with Gasteiger partial charge in [-0.25, -0.2) is 0 Å². The van der Waals surface area contributed by atoms with Gasteiger partial charge in [-0.1, -0.05) is 58.3 Å². The van der Waals surface area contributed by atoms with E-state index < -0.39 is 0 Å². The van der Waals surface area contributed by atoms with Crippen LogP contribution in [-0.2, 0) is 14.3 Å². The Labute approximate surface area is 141 Å². The van der Waals surface area contributed by atoms with Gasteiger partial charge in [0, 0.05) is 12.8 Å². The van der Waals surface area contributed by atoms with Crippen LogP contribution in [0.5, 0.6) is 0 Å². The summed E-state index contributed by atoms with van der Waals surface area (Å²) in [6, 6.07) is 0. The van der Waals surface area contributed by atoms with Crippen LogP contribution in [-0.4, -0.2) is 36.5 Å². The first-order valence-electron chi connectivity index (χ1n) is 9.57. The Morgan fingerprint density at radius 2 is 1.74 bits per heavy atom. The van der Waals surface area contributed by atoms with Gasteiger partial charge in [-0.2, -0.15) is 0 Å². The molecule has 0 amide bonds. The summed E-state index contributed by atoms with van der Waals surface area (Å²) in [6.07, 6.45) is 14.4. The van der Waals surface area contributed by atoms with Gasteiger partial charge in [-0.05, 0) is 19.3 Å². The van der Waals surface area contributed by atoms with Gasteiger partial charge >= 0.3 is 5.97 Å². The minimum Gasteiger partial charge on any atom is -0.469 e. The molecule has 1 saturated heterocycles. The van der Waals surface area contributed by atoms with Crippen LogP contribution in [0.1, 0.15) is 90.4 Å². The van der Waals surface area contributed by atoms with Crippen molar-refractivity contribution in [1.82, 2.24) is 0 Å². The third kappa shape index (κ3) is 10.7. The predicted octanol–water partition coefficient (Wildman–Crippen LogP) is 4.38. The molecule has 0 bridgehead atoms. The van der Waals surface area contributed by atoms with Crippen LogP contribution in [0, 0.1) is 0 Å². The molecule has 1 N–H and O–H groups in total. The molecule has 1 aliphatic heterocycles. The molecule has 4 heteroatoms. The van der Waals surface area contributed by atoms with Crippen LogP contribution >= 0.6 is 0 Å². The van der Waals surface area contributed by atoms with Crippen molar-refractivity contribution >= 4 is 5.97 Å². The number of rotatable bonds is 15. The Kier molecular flexibility index (Phi) is 11.3. The summed E-state index contributed by atoms with van der Waals surface area (Å²) in [6.45, 7) is 2.21. The maximum absolute atomic E-state index is 11.0. The number of ether oxygens (including phenoxy) is 2. The van der Waals surface area contributed by atoms with Crippen LogP contribution in [0.15, 0.2) is 0 Å². The van der Waals surface area contributed by atoms with Crippen molar-refractivity contribution in [3.05, 3.63) is 0 Å². The van der Waals surface area contributed by atoms with Gasteiger partial charge in [-0.3, -0.25) is 4.79 Å². The summed E-state index contributed by atoms with van der Waals surface area (Å²) in [7, 11) is 1.44. The topological polar surface area (TPSA) is 59.1 Å². The van der Waals surface area contributed by atoms with E-state index >= 15 is 0 Å². The fourth-order valence-electron chi connectivity index (χ4n) is 3.08. The van der Waals surface area contributed by atoms with E-state index in [1.807, 2.05) is 0 Å². The molecule has 136 valence electrons. The molecule has 1 unspecified atom stereocenters. The van der Waals surface area contributed by atoms with Crippen molar-refractivity contribution < 1.29 is 19.4 Å². The van der Waals surface area contributed by atoms with Crippen LogP contribution < -0.4 is 0 Å². The molecule has 4 nitrogen and oxygen atoms in total. The average Bonchev–Trinajstić information content (AvgIpc) is 3.28. The van der Waals surface area contributed by atoms with E-state index in [0.717, 1.165) is 38.5 Å². The molecule has 3 atom stereocenters. The highest BCUT2D eigenvalue weighted by molar-refractivity contribution is 5.68. The summed E-state index contributed by atoms with van der Waals surface area (Å²) in [5.74, 6) is -0.104. The number of carbonyl (C=O) groups excluding carboxylic acids is 1. The lowest BCUT2D eigenvalue weighted by atomic mass is 10.0. The first-order chi connectivity index (χ1) is 11.2. The van der Waals surface area contributed by atoms with Crippen molar-refractivity contribution in [2.75, 3.05) is 7.11 Å². The molecule has 0 aromatic heterocycles. The number of unbranched alkanes of at least 4 members (excludes halogenated alkanes) is 7. The van der Waals surface area contributed by atoms with Gasteiger partial charge in [-0.15, -0.1) is 0 Å². The van der Waals surface area contributed by atoms with E-state index in [0.29, 0.717) is 18.6 Å². The average molecular weight is 328 g/mol. The molecule has 0 saturated carbocycles. The van der Waals surface area contributed by atoms with Gasteiger partial charge in [0.1, 0.15) is 0 Å². The van der Waals surface area contributed by atoms with Gasteiger partial charge in [0.2, 0.25) is 0 Å². The van der Waals surface area contributed by atoms with Gasteiger partial charge in [0.15, 0.2) is 0 Å². The van der Waals surface area contributed by atoms with E-state index in [-0.39, 0.29) is 12.1 Å². The number of esters is 1. The number of epoxide rings is 1. The Morgan fingerprint density at radius 3 is 2.48 bits per heavy atom. The molecule has 0 aromatic carbocycles. The van der Waals surface area contributed by atoms with E-state index in [1.165, 1.54) is 45.6 Å². The Balaban J connectivity index is 1.86. The van der Waals surface area contributed by atoms with E-state index in [4.69, 9.17) is 4.74 Å². The summed E-state index contributed by atoms with van der Waals surface area (Å²) >= 11 is 0. The first kappa shape index (κ1) is 20.4. The van der Waals surface area contributed by atoms with Crippen LogP contribution in [0.4, 0.5) is 0 Å². The van der Waals surface area contributed by atoms with Crippen LogP contribution in [0.3, 0.4) is 0 Å². The molecule has 0 radical (unpaired) electrons. The summed E-state index contributed by atoms with van der Waals surface area (Å²) in [5.41, 5.74) is 0. The highest BCUT2D eigenvalue weighted by atomic mass is 16.6. The number of aliphatic hydroxyl groups excluding tert-OH is 1. The second-order valence-electron chi connectivity index (χ2n) is 6.83. The number of methoxy groups -OCH3 is 1. The van der Waals surface area contributed by atoms with E-state index in [2.05, 4.69) is 11.7 Å². The van der Waals surface area contributed by atoms with Crippen LogP contribution in [0.25, 0.3) is 0 Å². The molecule has 23 heavy (non-hydrogen) atoms. The maximum Gasteiger partial charge on any atom is 0.305 e. The zero-order valence-corrected chi connectivity index (χ0v) is 15.1. The molecular formula is C19H36O4. The largest absolute Gasteiger partial charge is 0.469 e. The van der Waals surface area contributed by atoms with E-state index in [9.17, 15) is 9.90 Å². The van der Waals surface area contributed by atoms with Crippen molar-refractivity contribution in [1.29, 1.82) is 0 Å². The zero-order chi connectivity index (χ0) is 16.9. The summed E-state index contributed by atoms with van der Waals surface area (Å²) < 4.78 is 10.3. The van der Waals surface area contributed by atoms with E-state index in [1.54, 1.807) is 0 Å². The molecule has 0 aromatic rings. The highest BCUT2D eigenvalue weighted by Crippen LogP contribution is 2.32. The van der Waals surface area contributed by atoms with Gasteiger partial charge in [0.05, 0.1) is 25.4 Å². The highest BCUT2D eigenvalue weighted by Gasteiger charge is 2.38. The molecule has 0 aliphatic carbocycles. The molecule has 1 fully saturated rings. The first-order valence-corrected chi connectivity index (χ1v) is 9.57. The van der Waals surface area contributed by atoms with Crippen molar-refractivity contribution in [3.63, 3.8) is 0 Å². The predicted molar refractivity (Wildman–Crippen MR) is 92.4 cm³/mol. The third-order valence-corrected chi connectivity index (χ3v) is 4.68. The Bertz CT molecular complexity index is 306. The summed E-state index contributed by atoms with van der Waals surface area (Å²) in [4.78, 5) is 11.0. The third-order valence-electron chi connectivity index (χ3n) is 4.68. The van der Waals surface area contributed by atoms with Crippen molar-refractivity contribution in [3.8, 4) is 0 Å². The quantitative estimate of drug-likeness (QED) is 0.275. The SMILES string of the molecule is CCCCCCC(O)C[C@H]1O[C@H]1CCCCCCCC(=O)OC. The normalized spacial score (nSPS) is 21.2. The lowest BCUT2D eigenvalue weighted by molar-refractivity contribution is -0.140. The number of aliphatic hydroxyl groups is 1. The molecule has 1 heterocycles. The van der Waals surface area contributed by atoms with Crippen molar-refractivity contribution in [2.45, 2.75) is 109 Å². The van der Waals surface area contributed by atoms with Crippen LogP contribution in [0.2, 0.25) is 0 Å². The number of carbonyl (C=O) groups is 1.